The van der Waals surface area contributed by atoms with Crippen molar-refractivity contribution in [1.82, 2.24) is 0 Å². The Morgan fingerprint density at radius 2 is 1.06 bits per heavy atom. The summed E-state index contributed by atoms with van der Waals surface area (Å²) in [5.74, 6) is 0.0212. The third kappa shape index (κ3) is 23.4. The maximum Gasteiger partial charge on any atom is 0.186 e. The van der Waals surface area contributed by atoms with E-state index >= 15 is 0 Å². The van der Waals surface area contributed by atoms with Crippen molar-refractivity contribution in [3.63, 3.8) is 0 Å². The van der Waals surface area contributed by atoms with E-state index in [-0.39, 0.29) is 6.61 Å². The fraction of sp³-hybridized carbons (Fsp3) is 0.933. The molecule has 6 N–H and O–H groups in total. The number of carbonyl (C=O) groups is 1. The molecular weight excluding hydrogens is 684 g/mol. The third-order valence-corrected chi connectivity index (χ3v) is 11.9. The summed E-state index contributed by atoms with van der Waals surface area (Å²) < 4.78 is 11.1. The minimum Gasteiger partial charge on any atom is -0.394 e. The second-order valence-corrected chi connectivity index (χ2v) is 16.7. The summed E-state index contributed by atoms with van der Waals surface area (Å²) in [4.78, 5) is 13.5. The van der Waals surface area contributed by atoms with Gasteiger partial charge in [0.25, 0.3) is 0 Å². The van der Waals surface area contributed by atoms with Crippen LogP contribution in [0.15, 0.2) is 12.2 Å². The molecule has 10 atom stereocenters. The van der Waals surface area contributed by atoms with E-state index in [2.05, 4.69) is 27.7 Å². The maximum absolute atomic E-state index is 13.5. The number of carbonyl (C=O) groups excluding carboxylic acids is 1. The molecule has 0 radical (unpaired) electrons. The highest BCUT2D eigenvalue weighted by atomic mass is 16.7. The summed E-state index contributed by atoms with van der Waals surface area (Å²) in [5.41, 5.74) is 0. The van der Waals surface area contributed by atoms with Crippen molar-refractivity contribution in [3.05, 3.63) is 12.2 Å². The Morgan fingerprint density at radius 1 is 0.630 bits per heavy atom. The molecule has 0 bridgehead atoms. The molecule has 0 spiro atoms. The van der Waals surface area contributed by atoms with Crippen LogP contribution in [-0.2, 0) is 14.3 Å². The monoisotopic (exact) mass is 771 g/mol. The second kappa shape index (κ2) is 33.1. The first-order valence-electron chi connectivity index (χ1n) is 22.6. The first kappa shape index (κ1) is 51.1. The summed E-state index contributed by atoms with van der Waals surface area (Å²) in [6.45, 7) is 8.22. The molecule has 0 saturated carbocycles. The smallest absolute Gasteiger partial charge is 0.186 e. The molecule has 9 heteroatoms. The molecule has 320 valence electrons. The highest BCUT2D eigenvalue weighted by Gasteiger charge is 2.44. The highest BCUT2D eigenvalue weighted by molar-refractivity contribution is 5.86. The fourth-order valence-corrected chi connectivity index (χ4v) is 7.33. The molecule has 0 aliphatic carbocycles. The zero-order valence-electron chi connectivity index (χ0n) is 35.1. The third-order valence-electron chi connectivity index (χ3n) is 11.9. The maximum atomic E-state index is 13.5. The van der Waals surface area contributed by atoms with Crippen LogP contribution in [-0.4, -0.2) is 92.5 Å². The van der Waals surface area contributed by atoms with Gasteiger partial charge >= 0.3 is 0 Å². The van der Waals surface area contributed by atoms with E-state index in [1.54, 1.807) is 6.08 Å². The van der Waals surface area contributed by atoms with Gasteiger partial charge in [-0.2, -0.15) is 0 Å². The number of Topliss-reactive ketones (excluding diaryl/α,β-unsaturated/α-hetero) is 1. The molecule has 0 aromatic heterocycles. The van der Waals surface area contributed by atoms with Gasteiger partial charge < -0.3 is 40.1 Å². The Kier molecular flexibility index (Phi) is 31.3. The van der Waals surface area contributed by atoms with Crippen LogP contribution in [0.3, 0.4) is 0 Å². The molecule has 1 heterocycles. The van der Waals surface area contributed by atoms with Gasteiger partial charge in [0.2, 0.25) is 0 Å². The van der Waals surface area contributed by atoms with Crippen molar-refractivity contribution in [2.24, 2.45) is 17.8 Å². The van der Waals surface area contributed by atoms with Gasteiger partial charge in [0.1, 0.15) is 30.5 Å². The zero-order valence-corrected chi connectivity index (χ0v) is 35.1. The van der Waals surface area contributed by atoms with E-state index in [1.807, 2.05) is 6.08 Å². The average Bonchev–Trinajstić information content (AvgIpc) is 3.17. The standard InChI is InChI=1S/C45H86O9/c1-5-35(3)29-25-21-17-13-10-8-7-9-11-15-20-24-28-32-39(48)41(49)37(34-53-45-44(52)43(51)42(50)40(33-46)54-45)38(47)31-27-23-19-16-12-14-18-22-26-30-36(4)6-2/h27,31,35-40,42-48,50-52H,5-26,28-30,32-34H2,1-4H3/b31-27+/t35?,36?,37-,38+,39+,40+,42-,43-,44+,45+/m0/s1. The largest absolute Gasteiger partial charge is 0.394 e. The van der Waals surface area contributed by atoms with Gasteiger partial charge in [-0.05, 0) is 31.1 Å². The quantitative estimate of drug-likeness (QED) is 0.0271. The lowest BCUT2D eigenvalue weighted by molar-refractivity contribution is -0.303. The van der Waals surface area contributed by atoms with Crippen LogP contribution in [0.2, 0.25) is 0 Å². The summed E-state index contributed by atoms with van der Waals surface area (Å²) >= 11 is 0. The molecule has 2 unspecified atom stereocenters. The molecule has 1 aliphatic rings. The van der Waals surface area contributed by atoms with Gasteiger partial charge in [0, 0.05) is 0 Å². The molecule has 1 saturated heterocycles. The predicted molar refractivity (Wildman–Crippen MR) is 219 cm³/mol. The number of ether oxygens (including phenoxy) is 2. The number of ketones is 1. The average molecular weight is 771 g/mol. The Bertz CT molecular complexity index is 898. The molecule has 0 aromatic carbocycles. The number of aliphatic hydroxyl groups excluding tert-OH is 6. The molecule has 0 aromatic rings. The van der Waals surface area contributed by atoms with Crippen LogP contribution in [0.25, 0.3) is 0 Å². The van der Waals surface area contributed by atoms with Gasteiger partial charge in [-0.15, -0.1) is 0 Å². The van der Waals surface area contributed by atoms with Crippen molar-refractivity contribution in [2.75, 3.05) is 13.2 Å². The summed E-state index contributed by atoms with van der Waals surface area (Å²) in [7, 11) is 0. The molecule has 9 nitrogen and oxygen atoms in total. The van der Waals surface area contributed by atoms with Crippen LogP contribution < -0.4 is 0 Å². The van der Waals surface area contributed by atoms with Gasteiger partial charge in [-0.25, -0.2) is 0 Å². The summed E-state index contributed by atoms with van der Waals surface area (Å²) in [5, 5.41) is 62.2. The lowest BCUT2D eigenvalue weighted by Crippen LogP contribution is -2.59. The van der Waals surface area contributed by atoms with E-state index in [4.69, 9.17) is 9.47 Å². The van der Waals surface area contributed by atoms with Gasteiger partial charge in [0.15, 0.2) is 12.1 Å². The summed E-state index contributed by atoms with van der Waals surface area (Å²) in [6.07, 6.45) is 24.0. The highest BCUT2D eigenvalue weighted by Crippen LogP contribution is 2.24. The van der Waals surface area contributed by atoms with E-state index in [0.29, 0.717) is 12.8 Å². The van der Waals surface area contributed by atoms with Crippen LogP contribution >= 0.6 is 0 Å². The second-order valence-electron chi connectivity index (χ2n) is 16.7. The van der Waals surface area contributed by atoms with Crippen LogP contribution in [0.1, 0.15) is 195 Å². The van der Waals surface area contributed by atoms with E-state index in [0.717, 1.165) is 50.4 Å². The molecule has 1 fully saturated rings. The minimum atomic E-state index is -1.62. The van der Waals surface area contributed by atoms with Crippen molar-refractivity contribution in [3.8, 4) is 0 Å². The first-order valence-corrected chi connectivity index (χ1v) is 22.6. The lowest BCUT2D eigenvalue weighted by Gasteiger charge is -2.40. The summed E-state index contributed by atoms with van der Waals surface area (Å²) in [6, 6.07) is 0. The molecule has 1 rings (SSSR count). The topological polar surface area (TPSA) is 157 Å². The van der Waals surface area contributed by atoms with Gasteiger partial charge in [0.05, 0.1) is 25.2 Å². The van der Waals surface area contributed by atoms with E-state index in [9.17, 15) is 35.4 Å². The number of hydrogen-bond acceptors (Lipinski definition) is 9. The SMILES string of the molecule is CCC(C)CCCCCCCCC/C=C/[C@@H](O)[C@H](CO[C@@H]1O[C@H](CO)[C@H](O)[C@H](O)[C@H]1O)C(=O)[C@H](O)CCCCCCCCCCCCCCCC(C)CC. The fourth-order valence-electron chi connectivity index (χ4n) is 7.33. The molecule has 0 amide bonds. The van der Waals surface area contributed by atoms with Crippen molar-refractivity contribution in [2.45, 2.75) is 238 Å². The van der Waals surface area contributed by atoms with E-state index in [1.165, 1.54) is 116 Å². The van der Waals surface area contributed by atoms with Crippen LogP contribution in [0.5, 0.6) is 0 Å². The number of unbranched alkanes of at least 4 members (excludes halogenated alkanes) is 19. The minimum absolute atomic E-state index is 0.292. The Balaban J connectivity index is 2.45. The number of hydrogen-bond donors (Lipinski definition) is 6. The van der Waals surface area contributed by atoms with Crippen molar-refractivity contribution >= 4 is 5.78 Å². The first-order chi connectivity index (χ1) is 26.1. The normalized spacial score (nSPS) is 23.4. The number of rotatable bonds is 36. The lowest BCUT2D eigenvalue weighted by atomic mass is 9.91. The van der Waals surface area contributed by atoms with Crippen molar-refractivity contribution < 1.29 is 44.9 Å². The predicted octanol–water partition coefficient (Wildman–Crippen LogP) is 8.72. The number of allylic oxidation sites excluding steroid dienone is 1. The Morgan fingerprint density at radius 3 is 1.50 bits per heavy atom. The van der Waals surface area contributed by atoms with Gasteiger partial charge in [-0.3, -0.25) is 4.79 Å². The van der Waals surface area contributed by atoms with Crippen molar-refractivity contribution in [1.29, 1.82) is 0 Å². The van der Waals surface area contributed by atoms with Crippen LogP contribution in [0, 0.1) is 17.8 Å². The van der Waals surface area contributed by atoms with Gasteiger partial charge in [-0.1, -0.05) is 188 Å². The van der Waals surface area contributed by atoms with E-state index < -0.39 is 61.2 Å². The Labute approximate surface area is 330 Å². The van der Waals surface area contributed by atoms with Crippen LogP contribution in [0.4, 0.5) is 0 Å². The molecular formula is C45H86O9. The zero-order chi connectivity index (χ0) is 40.0. The Hall–Kier alpha value is -0.910. The number of aliphatic hydroxyl groups is 6. The molecule has 1 aliphatic heterocycles. The molecule has 54 heavy (non-hydrogen) atoms.